The molecule has 0 aliphatic heterocycles. The largest absolute Gasteiger partial charge is 0.392 e. The summed E-state index contributed by atoms with van der Waals surface area (Å²) in [5.41, 5.74) is 0. The molecule has 1 aliphatic carbocycles. The molecule has 3 nitrogen and oxygen atoms in total. The maximum absolute atomic E-state index is 10.1. The molecule has 1 fully saturated rings. The summed E-state index contributed by atoms with van der Waals surface area (Å²) in [5, 5.41) is 14.8. The zero-order valence-corrected chi connectivity index (χ0v) is 12.2. The third kappa shape index (κ3) is 3.53. The number of nitrogens with zero attached hydrogens (tertiary/aromatic N) is 1. The Morgan fingerprint density at radius 2 is 2.22 bits per heavy atom. The van der Waals surface area contributed by atoms with Gasteiger partial charge in [0.05, 0.1) is 12.1 Å². The van der Waals surface area contributed by atoms with E-state index in [1.807, 2.05) is 6.20 Å². The minimum Gasteiger partial charge on any atom is -0.392 e. The van der Waals surface area contributed by atoms with E-state index in [2.05, 4.69) is 24.1 Å². The summed E-state index contributed by atoms with van der Waals surface area (Å²) in [6.07, 6.45) is 8.48. The Hall–Kier alpha value is -0.450. The Bertz CT molecular complexity index is 366. The second-order valence-corrected chi connectivity index (χ2v) is 6.37. The van der Waals surface area contributed by atoms with Crippen molar-refractivity contribution in [2.24, 2.45) is 0 Å². The summed E-state index contributed by atoms with van der Waals surface area (Å²) in [6.45, 7) is 4.31. The van der Waals surface area contributed by atoms with Gasteiger partial charge < -0.3 is 10.4 Å². The van der Waals surface area contributed by atoms with E-state index in [-0.39, 0.29) is 18.2 Å². The Kier molecular flexibility index (Phi) is 5.15. The first-order chi connectivity index (χ1) is 8.70. The normalized spacial score (nSPS) is 26.8. The van der Waals surface area contributed by atoms with Crippen molar-refractivity contribution in [1.29, 1.82) is 0 Å². The van der Waals surface area contributed by atoms with Crippen LogP contribution >= 0.6 is 11.3 Å². The van der Waals surface area contributed by atoms with Gasteiger partial charge in [0.25, 0.3) is 0 Å². The van der Waals surface area contributed by atoms with Crippen LogP contribution in [0.4, 0.5) is 0 Å². The van der Waals surface area contributed by atoms with Gasteiger partial charge in [-0.15, -0.1) is 11.3 Å². The maximum atomic E-state index is 10.1. The molecule has 0 aromatic carbocycles. The monoisotopic (exact) mass is 268 g/mol. The molecule has 1 aromatic heterocycles. The van der Waals surface area contributed by atoms with Gasteiger partial charge in [-0.05, 0) is 26.2 Å². The number of aryl methyl sites for hydroxylation is 1. The van der Waals surface area contributed by atoms with E-state index >= 15 is 0 Å². The molecule has 18 heavy (non-hydrogen) atoms. The summed E-state index contributed by atoms with van der Waals surface area (Å²) in [4.78, 5) is 5.81. The van der Waals surface area contributed by atoms with E-state index in [9.17, 15) is 5.11 Å². The van der Waals surface area contributed by atoms with Gasteiger partial charge in [0.1, 0.15) is 5.01 Å². The number of nitrogens with one attached hydrogen (secondary N) is 1. The molecule has 2 N–H and O–H groups in total. The third-order valence-electron chi connectivity index (χ3n) is 3.73. The molecule has 0 spiro atoms. The first-order valence-electron chi connectivity index (χ1n) is 7.09. The molecular weight excluding hydrogens is 244 g/mol. The Morgan fingerprint density at radius 3 is 2.94 bits per heavy atom. The second-order valence-electron chi connectivity index (χ2n) is 5.22. The fraction of sp³-hybridized carbons (Fsp3) is 0.786. The van der Waals surface area contributed by atoms with Crippen LogP contribution in [-0.4, -0.2) is 22.2 Å². The lowest BCUT2D eigenvalue weighted by Gasteiger charge is -2.25. The quantitative estimate of drug-likeness (QED) is 0.825. The predicted molar refractivity (Wildman–Crippen MR) is 75.9 cm³/mol. The smallest absolute Gasteiger partial charge is 0.109 e. The number of hydrogen-bond donors (Lipinski definition) is 2. The van der Waals surface area contributed by atoms with Crippen molar-refractivity contribution >= 4 is 11.3 Å². The van der Waals surface area contributed by atoms with E-state index in [0.717, 1.165) is 30.7 Å². The molecule has 1 aliphatic rings. The summed E-state index contributed by atoms with van der Waals surface area (Å²) in [7, 11) is 0. The number of hydrogen-bond acceptors (Lipinski definition) is 4. The van der Waals surface area contributed by atoms with Gasteiger partial charge in [-0.1, -0.05) is 26.2 Å². The first-order valence-corrected chi connectivity index (χ1v) is 7.91. The average Bonchev–Trinajstić information content (AvgIpc) is 2.77. The van der Waals surface area contributed by atoms with Crippen molar-refractivity contribution in [2.75, 3.05) is 0 Å². The maximum Gasteiger partial charge on any atom is 0.109 e. The third-order valence-corrected chi connectivity index (χ3v) is 5.06. The lowest BCUT2D eigenvalue weighted by Crippen LogP contribution is -2.40. The van der Waals surface area contributed by atoms with Gasteiger partial charge in [0, 0.05) is 17.1 Å². The Morgan fingerprint density at radius 1 is 1.44 bits per heavy atom. The lowest BCUT2D eigenvalue weighted by atomic mass is 10.1. The second kappa shape index (κ2) is 6.64. The van der Waals surface area contributed by atoms with Crippen LogP contribution in [-0.2, 0) is 6.42 Å². The highest BCUT2D eigenvalue weighted by Gasteiger charge is 2.24. The van der Waals surface area contributed by atoms with Crippen LogP contribution in [0.25, 0.3) is 0 Å². The van der Waals surface area contributed by atoms with Crippen molar-refractivity contribution in [3.05, 3.63) is 16.1 Å². The molecule has 3 atom stereocenters. The van der Waals surface area contributed by atoms with Crippen LogP contribution in [0.5, 0.6) is 0 Å². The van der Waals surface area contributed by atoms with E-state index < -0.39 is 0 Å². The molecule has 0 bridgehead atoms. The van der Waals surface area contributed by atoms with Crippen LogP contribution in [0.3, 0.4) is 0 Å². The van der Waals surface area contributed by atoms with Crippen molar-refractivity contribution in [3.63, 3.8) is 0 Å². The van der Waals surface area contributed by atoms with Crippen molar-refractivity contribution in [2.45, 2.75) is 70.6 Å². The molecule has 2 rings (SSSR count). The summed E-state index contributed by atoms with van der Waals surface area (Å²) in [6, 6.07) is 0.476. The Labute approximate surface area is 114 Å². The van der Waals surface area contributed by atoms with Crippen LogP contribution in [0.2, 0.25) is 0 Å². The summed E-state index contributed by atoms with van der Waals surface area (Å²) >= 11 is 1.78. The zero-order valence-electron chi connectivity index (χ0n) is 11.4. The fourth-order valence-corrected chi connectivity index (χ4v) is 3.43. The van der Waals surface area contributed by atoms with Crippen LogP contribution in [0, 0.1) is 0 Å². The minimum absolute atomic E-state index is 0.194. The fourth-order valence-electron chi connectivity index (χ4n) is 2.56. The van der Waals surface area contributed by atoms with Crippen molar-refractivity contribution in [3.8, 4) is 0 Å². The van der Waals surface area contributed by atoms with Gasteiger partial charge in [-0.25, -0.2) is 4.98 Å². The lowest BCUT2D eigenvalue weighted by molar-refractivity contribution is 0.115. The molecule has 3 unspecified atom stereocenters. The van der Waals surface area contributed by atoms with E-state index in [4.69, 9.17) is 0 Å². The first kappa shape index (κ1) is 14.0. The number of rotatable bonds is 4. The molecule has 4 heteroatoms. The standard InChI is InChI=1S/C14H24N2OS/c1-3-11-9-15-14(18-11)10(2)16-12-7-5-4-6-8-13(12)17/h9-10,12-13,16-17H,3-8H2,1-2H3. The highest BCUT2D eigenvalue weighted by atomic mass is 32.1. The average molecular weight is 268 g/mol. The van der Waals surface area contributed by atoms with Crippen molar-refractivity contribution in [1.82, 2.24) is 10.3 Å². The molecule has 0 saturated heterocycles. The van der Waals surface area contributed by atoms with Crippen LogP contribution < -0.4 is 5.32 Å². The van der Waals surface area contributed by atoms with Crippen LogP contribution in [0.1, 0.15) is 61.9 Å². The highest BCUT2D eigenvalue weighted by Crippen LogP contribution is 2.24. The summed E-state index contributed by atoms with van der Waals surface area (Å²) in [5.74, 6) is 0. The van der Waals surface area contributed by atoms with E-state index in [1.165, 1.54) is 17.7 Å². The molecule has 1 saturated carbocycles. The van der Waals surface area contributed by atoms with Gasteiger partial charge in [0.15, 0.2) is 0 Å². The van der Waals surface area contributed by atoms with Crippen LogP contribution in [0.15, 0.2) is 6.20 Å². The molecule has 0 amide bonds. The SMILES string of the molecule is CCc1cnc(C(C)NC2CCCCCC2O)s1. The van der Waals surface area contributed by atoms with Gasteiger partial charge in [-0.3, -0.25) is 0 Å². The van der Waals surface area contributed by atoms with E-state index in [1.54, 1.807) is 11.3 Å². The van der Waals surface area contributed by atoms with Gasteiger partial charge >= 0.3 is 0 Å². The number of aliphatic hydroxyl groups excluding tert-OH is 1. The van der Waals surface area contributed by atoms with Crippen molar-refractivity contribution < 1.29 is 5.11 Å². The summed E-state index contributed by atoms with van der Waals surface area (Å²) < 4.78 is 0. The molecule has 102 valence electrons. The molecule has 1 aromatic rings. The molecular formula is C14H24N2OS. The zero-order chi connectivity index (χ0) is 13.0. The molecule has 0 radical (unpaired) electrons. The number of aromatic nitrogens is 1. The number of thiazole rings is 1. The predicted octanol–water partition coefficient (Wildman–Crippen LogP) is 3.05. The number of aliphatic hydroxyl groups is 1. The van der Waals surface area contributed by atoms with Gasteiger partial charge in [0.2, 0.25) is 0 Å². The van der Waals surface area contributed by atoms with E-state index in [0.29, 0.717) is 0 Å². The highest BCUT2D eigenvalue weighted by molar-refractivity contribution is 7.11. The Balaban J connectivity index is 1.94. The minimum atomic E-state index is -0.194. The van der Waals surface area contributed by atoms with Gasteiger partial charge in [-0.2, -0.15) is 0 Å². The topological polar surface area (TPSA) is 45.2 Å². The molecule has 1 heterocycles.